The number of nitrogens with one attached hydrogen (secondary N) is 2. The van der Waals surface area contributed by atoms with Crippen LogP contribution in [0, 0.1) is 10.8 Å². The second kappa shape index (κ2) is 6.17. The first-order valence-corrected chi connectivity index (χ1v) is 7.18. The van der Waals surface area contributed by atoms with Crippen LogP contribution in [0.15, 0.2) is 12.1 Å². The van der Waals surface area contributed by atoms with Crippen LogP contribution in [0.25, 0.3) is 0 Å². The van der Waals surface area contributed by atoms with Gasteiger partial charge in [-0.1, -0.05) is 0 Å². The first-order chi connectivity index (χ1) is 10.3. The Bertz CT molecular complexity index is 610. The van der Waals surface area contributed by atoms with Gasteiger partial charge in [-0.05, 0) is 32.9 Å². The highest BCUT2D eigenvalue weighted by atomic mass is 16.6. The molecular weight excluding hydrogens is 284 g/mol. The van der Waals surface area contributed by atoms with Gasteiger partial charge in [0.15, 0.2) is 0 Å². The van der Waals surface area contributed by atoms with Crippen LogP contribution in [-0.4, -0.2) is 58.9 Å². The lowest BCUT2D eigenvalue weighted by Gasteiger charge is -2.36. The van der Waals surface area contributed by atoms with E-state index in [9.17, 15) is 4.79 Å². The van der Waals surface area contributed by atoms with Crippen molar-refractivity contribution >= 4 is 18.2 Å². The Kier molecular flexibility index (Phi) is 4.48. The van der Waals surface area contributed by atoms with Gasteiger partial charge in [-0.2, -0.15) is 0 Å². The number of hydrogen-bond donors (Lipinski definition) is 2. The van der Waals surface area contributed by atoms with Crippen molar-refractivity contribution in [3.63, 3.8) is 0 Å². The van der Waals surface area contributed by atoms with Gasteiger partial charge >= 0.3 is 6.09 Å². The van der Waals surface area contributed by atoms with Crippen LogP contribution in [0.1, 0.15) is 20.8 Å². The standard InChI is InChI=1S/C14H22N6O2/c1-14(2,3)22-13(21)19-8-6-18(7-9-19)12-5-4-11(16)20(10-15)17-12/h4-5,10,15-16H,6-9H2,1-3H3. The molecule has 22 heavy (non-hydrogen) atoms. The Hall–Kier alpha value is -2.38. The Morgan fingerprint density at radius 3 is 2.45 bits per heavy atom. The summed E-state index contributed by atoms with van der Waals surface area (Å²) in [5.74, 6) is 0.698. The minimum atomic E-state index is -0.491. The van der Waals surface area contributed by atoms with E-state index in [1.165, 1.54) is 4.68 Å². The Labute approximate surface area is 129 Å². The monoisotopic (exact) mass is 306 g/mol. The zero-order chi connectivity index (χ0) is 16.3. The Balaban J connectivity index is 1.99. The van der Waals surface area contributed by atoms with Crippen molar-refractivity contribution in [2.45, 2.75) is 26.4 Å². The van der Waals surface area contributed by atoms with Crippen molar-refractivity contribution in [1.82, 2.24) is 14.7 Å². The summed E-state index contributed by atoms with van der Waals surface area (Å²) in [7, 11) is 0. The van der Waals surface area contributed by atoms with E-state index >= 15 is 0 Å². The summed E-state index contributed by atoms with van der Waals surface area (Å²) in [5.41, 5.74) is -0.332. The van der Waals surface area contributed by atoms with Crippen molar-refractivity contribution in [1.29, 1.82) is 10.8 Å². The lowest BCUT2D eigenvalue weighted by atomic mass is 10.2. The highest BCUT2D eigenvalue weighted by Gasteiger charge is 2.26. The summed E-state index contributed by atoms with van der Waals surface area (Å²) in [6.45, 7) is 7.95. The van der Waals surface area contributed by atoms with Crippen molar-refractivity contribution in [3.05, 3.63) is 17.6 Å². The molecule has 1 fully saturated rings. The summed E-state index contributed by atoms with van der Waals surface area (Å²) >= 11 is 0. The number of carbonyl (C=O) groups is 1. The fourth-order valence-corrected chi connectivity index (χ4v) is 2.14. The van der Waals surface area contributed by atoms with Gasteiger partial charge in [-0.25, -0.2) is 9.48 Å². The number of rotatable bonds is 2. The molecule has 1 amide bonds. The topological polar surface area (TPSA) is 98.3 Å². The SMILES string of the molecule is CC(C)(C)OC(=O)N1CCN(c2ccc(=N)n(C=N)n2)CC1. The summed E-state index contributed by atoms with van der Waals surface area (Å²) < 4.78 is 6.57. The number of amides is 1. The molecule has 1 aromatic rings. The molecule has 1 aliphatic rings. The van der Waals surface area contributed by atoms with Gasteiger partial charge in [-0.3, -0.25) is 10.8 Å². The van der Waals surface area contributed by atoms with Gasteiger partial charge in [0.2, 0.25) is 0 Å². The van der Waals surface area contributed by atoms with Gasteiger partial charge in [0, 0.05) is 26.2 Å². The molecule has 0 radical (unpaired) electrons. The maximum Gasteiger partial charge on any atom is 0.410 e. The van der Waals surface area contributed by atoms with Crippen LogP contribution in [-0.2, 0) is 4.74 Å². The van der Waals surface area contributed by atoms with E-state index in [1.807, 2.05) is 25.7 Å². The average Bonchev–Trinajstić information content (AvgIpc) is 2.46. The number of aromatic nitrogens is 2. The van der Waals surface area contributed by atoms with Gasteiger partial charge in [0.1, 0.15) is 23.2 Å². The Morgan fingerprint density at radius 1 is 1.27 bits per heavy atom. The quantitative estimate of drug-likeness (QED) is 0.626. The molecule has 0 aromatic carbocycles. The molecule has 0 saturated carbocycles. The normalized spacial score (nSPS) is 15.6. The summed E-state index contributed by atoms with van der Waals surface area (Å²) in [4.78, 5) is 15.7. The fraction of sp³-hybridized carbons (Fsp3) is 0.571. The molecule has 8 nitrogen and oxygen atoms in total. The predicted molar refractivity (Wildman–Crippen MR) is 82.3 cm³/mol. The van der Waals surface area contributed by atoms with Gasteiger partial charge in [0.05, 0.1) is 0 Å². The van der Waals surface area contributed by atoms with Crippen LogP contribution in [0.2, 0.25) is 0 Å². The first-order valence-electron chi connectivity index (χ1n) is 7.18. The predicted octanol–water partition coefficient (Wildman–Crippen LogP) is 0.875. The molecule has 2 N–H and O–H groups in total. The van der Waals surface area contributed by atoms with Gasteiger partial charge in [-0.15, -0.1) is 5.10 Å². The van der Waals surface area contributed by atoms with E-state index in [2.05, 4.69) is 5.10 Å². The fourth-order valence-electron chi connectivity index (χ4n) is 2.14. The number of nitrogens with zero attached hydrogens (tertiary/aromatic N) is 4. The maximum absolute atomic E-state index is 12.0. The van der Waals surface area contributed by atoms with Crippen LogP contribution >= 0.6 is 0 Å². The largest absolute Gasteiger partial charge is 0.444 e. The van der Waals surface area contributed by atoms with E-state index in [0.717, 1.165) is 6.34 Å². The Morgan fingerprint density at radius 2 is 1.91 bits per heavy atom. The minimum Gasteiger partial charge on any atom is -0.444 e. The molecular formula is C14H22N6O2. The van der Waals surface area contributed by atoms with Crippen molar-refractivity contribution in [2.75, 3.05) is 31.1 Å². The molecule has 1 aliphatic heterocycles. The number of hydrogen-bond acceptors (Lipinski definition) is 6. The zero-order valence-electron chi connectivity index (χ0n) is 13.2. The van der Waals surface area contributed by atoms with Gasteiger partial charge < -0.3 is 14.5 Å². The van der Waals surface area contributed by atoms with Gasteiger partial charge in [0.25, 0.3) is 0 Å². The third-order valence-corrected chi connectivity index (χ3v) is 3.22. The molecule has 0 atom stereocenters. The molecule has 1 aromatic heterocycles. The van der Waals surface area contributed by atoms with E-state index in [1.54, 1.807) is 17.0 Å². The second-order valence-electron chi connectivity index (χ2n) is 6.10. The molecule has 0 spiro atoms. The minimum absolute atomic E-state index is 0.158. The summed E-state index contributed by atoms with van der Waals surface area (Å²) in [6.07, 6.45) is 0.708. The molecule has 0 bridgehead atoms. The van der Waals surface area contributed by atoms with E-state index in [-0.39, 0.29) is 11.6 Å². The second-order valence-corrected chi connectivity index (χ2v) is 6.10. The molecule has 2 heterocycles. The van der Waals surface area contributed by atoms with E-state index < -0.39 is 5.60 Å². The smallest absolute Gasteiger partial charge is 0.410 e. The van der Waals surface area contributed by atoms with Crippen molar-refractivity contribution in [3.8, 4) is 0 Å². The number of anilines is 1. The number of carbonyl (C=O) groups excluding carboxylic acids is 1. The van der Waals surface area contributed by atoms with Crippen LogP contribution < -0.4 is 10.4 Å². The highest BCUT2D eigenvalue weighted by molar-refractivity contribution is 5.68. The van der Waals surface area contributed by atoms with Crippen LogP contribution in [0.5, 0.6) is 0 Å². The number of piperazine rings is 1. The third-order valence-electron chi connectivity index (χ3n) is 3.22. The van der Waals surface area contributed by atoms with E-state index in [4.69, 9.17) is 15.6 Å². The highest BCUT2D eigenvalue weighted by Crippen LogP contribution is 2.14. The van der Waals surface area contributed by atoms with E-state index in [0.29, 0.717) is 32.0 Å². The number of ether oxygens (including phenoxy) is 1. The molecule has 2 rings (SSSR count). The molecule has 1 saturated heterocycles. The molecule has 0 unspecified atom stereocenters. The lowest BCUT2D eigenvalue weighted by Crippen LogP contribution is -2.50. The lowest BCUT2D eigenvalue weighted by molar-refractivity contribution is 0.0240. The van der Waals surface area contributed by atoms with Crippen LogP contribution in [0.4, 0.5) is 10.6 Å². The molecule has 0 aliphatic carbocycles. The summed E-state index contributed by atoms with van der Waals surface area (Å²) in [5, 5.41) is 19.1. The van der Waals surface area contributed by atoms with Crippen molar-refractivity contribution < 1.29 is 9.53 Å². The first kappa shape index (κ1) is 16.0. The summed E-state index contributed by atoms with van der Waals surface area (Å²) in [6, 6.07) is 3.36. The van der Waals surface area contributed by atoms with Crippen molar-refractivity contribution in [2.24, 2.45) is 0 Å². The molecule has 120 valence electrons. The van der Waals surface area contributed by atoms with Crippen LogP contribution in [0.3, 0.4) is 0 Å². The zero-order valence-corrected chi connectivity index (χ0v) is 13.2. The third kappa shape index (κ3) is 3.84. The molecule has 8 heteroatoms. The average molecular weight is 306 g/mol. The maximum atomic E-state index is 12.0.